The van der Waals surface area contributed by atoms with Gasteiger partial charge in [0, 0.05) is 12.2 Å². The van der Waals surface area contributed by atoms with Crippen LogP contribution in [-0.4, -0.2) is 35.9 Å². The summed E-state index contributed by atoms with van der Waals surface area (Å²) in [5.74, 6) is 2.02. The summed E-state index contributed by atoms with van der Waals surface area (Å²) in [7, 11) is 3.22. The molecule has 3 aromatic rings. The minimum Gasteiger partial charge on any atom is -0.493 e. The maximum atomic E-state index is 13.0. The summed E-state index contributed by atoms with van der Waals surface area (Å²) in [6.07, 6.45) is 2.25. The van der Waals surface area contributed by atoms with Crippen molar-refractivity contribution in [3.8, 4) is 11.5 Å². The van der Waals surface area contributed by atoms with Gasteiger partial charge in [0.2, 0.25) is 5.95 Å². The highest BCUT2D eigenvalue weighted by atomic mass is 19.1. The van der Waals surface area contributed by atoms with Gasteiger partial charge < -0.3 is 20.1 Å². The number of nitrogens with one attached hydrogen (secondary N) is 2. The molecule has 2 aromatic carbocycles. The van der Waals surface area contributed by atoms with E-state index in [1.165, 1.54) is 18.3 Å². The van der Waals surface area contributed by atoms with Gasteiger partial charge in [0.1, 0.15) is 5.82 Å². The van der Waals surface area contributed by atoms with Crippen molar-refractivity contribution < 1.29 is 13.9 Å². The lowest BCUT2D eigenvalue weighted by atomic mass is 10.1. The molecule has 2 N–H and O–H groups in total. The van der Waals surface area contributed by atoms with Gasteiger partial charge >= 0.3 is 0 Å². The third-order valence-electron chi connectivity index (χ3n) is 3.82. The highest BCUT2D eigenvalue weighted by molar-refractivity contribution is 5.55. The van der Waals surface area contributed by atoms with Crippen LogP contribution in [0.3, 0.4) is 0 Å². The Morgan fingerprint density at radius 1 is 1.00 bits per heavy atom. The molecule has 0 saturated heterocycles. The van der Waals surface area contributed by atoms with Crippen molar-refractivity contribution in [2.24, 2.45) is 0 Å². The molecule has 3 rings (SSSR count). The van der Waals surface area contributed by atoms with Crippen molar-refractivity contribution in [3.05, 3.63) is 60.0 Å². The highest BCUT2D eigenvalue weighted by Crippen LogP contribution is 2.27. The minimum absolute atomic E-state index is 0.293. The molecule has 1 aromatic heterocycles. The fourth-order valence-electron chi connectivity index (χ4n) is 2.47. The Bertz CT molecular complexity index is 890. The second kappa shape index (κ2) is 8.79. The van der Waals surface area contributed by atoms with E-state index in [1.54, 1.807) is 26.4 Å². The van der Waals surface area contributed by atoms with Crippen LogP contribution in [0.2, 0.25) is 0 Å². The van der Waals surface area contributed by atoms with Crippen LogP contribution in [-0.2, 0) is 6.42 Å². The van der Waals surface area contributed by atoms with Gasteiger partial charge in [-0.2, -0.15) is 10.1 Å². The molecule has 0 aliphatic heterocycles. The molecule has 0 amide bonds. The molecule has 27 heavy (non-hydrogen) atoms. The predicted molar refractivity (Wildman–Crippen MR) is 101 cm³/mol. The normalized spacial score (nSPS) is 10.3. The summed E-state index contributed by atoms with van der Waals surface area (Å²) in [4.78, 5) is 4.35. The molecule has 0 spiro atoms. The average molecular weight is 369 g/mol. The van der Waals surface area contributed by atoms with E-state index in [-0.39, 0.29) is 5.82 Å². The van der Waals surface area contributed by atoms with E-state index >= 15 is 0 Å². The average Bonchev–Trinajstić information content (AvgIpc) is 2.70. The highest BCUT2D eigenvalue weighted by Gasteiger charge is 2.05. The minimum atomic E-state index is -0.293. The molecule has 0 atom stereocenters. The number of hydrogen-bond acceptors (Lipinski definition) is 7. The van der Waals surface area contributed by atoms with Crippen LogP contribution in [0.15, 0.2) is 48.7 Å². The predicted octanol–water partition coefficient (Wildman–Crippen LogP) is 3.43. The summed E-state index contributed by atoms with van der Waals surface area (Å²) in [5, 5.41) is 14.1. The second-order valence-corrected chi connectivity index (χ2v) is 5.66. The lowest BCUT2D eigenvalue weighted by Gasteiger charge is -2.10. The van der Waals surface area contributed by atoms with Crippen molar-refractivity contribution in [1.29, 1.82) is 0 Å². The van der Waals surface area contributed by atoms with Gasteiger partial charge in [-0.3, -0.25) is 0 Å². The Labute approximate surface area is 156 Å². The van der Waals surface area contributed by atoms with E-state index in [4.69, 9.17) is 9.47 Å². The largest absolute Gasteiger partial charge is 0.493 e. The quantitative estimate of drug-likeness (QED) is 0.629. The Morgan fingerprint density at radius 2 is 1.78 bits per heavy atom. The fraction of sp³-hybridized carbons (Fsp3) is 0.211. The number of aromatic nitrogens is 3. The number of rotatable bonds is 8. The number of benzene rings is 2. The van der Waals surface area contributed by atoms with E-state index in [9.17, 15) is 4.39 Å². The molecule has 0 radical (unpaired) electrons. The summed E-state index contributed by atoms with van der Waals surface area (Å²) in [6, 6.07) is 11.8. The van der Waals surface area contributed by atoms with Gasteiger partial charge in [0.05, 0.1) is 20.4 Å². The zero-order valence-corrected chi connectivity index (χ0v) is 15.1. The first-order chi connectivity index (χ1) is 13.2. The number of methoxy groups -OCH3 is 2. The number of anilines is 3. The lowest BCUT2D eigenvalue weighted by Crippen LogP contribution is -2.10. The van der Waals surface area contributed by atoms with Crippen molar-refractivity contribution in [2.75, 3.05) is 31.4 Å². The van der Waals surface area contributed by atoms with Crippen LogP contribution in [0.5, 0.6) is 11.5 Å². The van der Waals surface area contributed by atoms with Gasteiger partial charge in [0.25, 0.3) is 0 Å². The van der Waals surface area contributed by atoms with E-state index in [0.717, 1.165) is 12.0 Å². The number of hydrogen-bond donors (Lipinski definition) is 2. The van der Waals surface area contributed by atoms with Crippen LogP contribution >= 0.6 is 0 Å². The van der Waals surface area contributed by atoms with Gasteiger partial charge in [-0.15, -0.1) is 5.10 Å². The van der Waals surface area contributed by atoms with Crippen LogP contribution in [0.1, 0.15) is 5.56 Å². The molecule has 0 aliphatic carbocycles. The van der Waals surface area contributed by atoms with Crippen molar-refractivity contribution in [1.82, 2.24) is 15.2 Å². The van der Waals surface area contributed by atoms with Crippen LogP contribution in [0, 0.1) is 5.82 Å². The molecule has 7 nitrogen and oxygen atoms in total. The maximum absolute atomic E-state index is 13.0. The smallest absolute Gasteiger partial charge is 0.244 e. The molecule has 0 saturated carbocycles. The van der Waals surface area contributed by atoms with Crippen LogP contribution < -0.4 is 20.1 Å². The Balaban J connectivity index is 1.57. The molecule has 140 valence electrons. The third-order valence-corrected chi connectivity index (χ3v) is 3.82. The fourth-order valence-corrected chi connectivity index (χ4v) is 2.47. The summed E-state index contributed by atoms with van der Waals surface area (Å²) < 4.78 is 23.5. The molecule has 0 bridgehead atoms. The van der Waals surface area contributed by atoms with E-state index in [2.05, 4.69) is 25.8 Å². The summed E-state index contributed by atoms with van der Waals surface area (Å²) in [6.45, 7) is 0.622. The second-order valence-electron chi connectivity index (χ2n) is 5.66. The van der Waals surface area contributed by atoms with E-state index in [0.29, 0.717) is 35.5 Å². The van der Waals surface area contributed by atoms with Gasteiger partial charge in [-0.05, 0) is 48.4 Å². The molecule has 1 heterocycles. The van der Waals surface area contributed by atoms with Crippen molar-refractivity contribution in [2.45, 2.75) is 6.42 Å². The first kappa shape index (κ1) is 18.4. The Hall–Kier alpha value is -3.42. The number of nitrogens with zero attached hydrogens (tertiary/aromatic N) is 3. The van der Waals surface area contributed by atoms with Crippen LogP contribution in [0.4, 0.5) is 21.8 Å². The SMILES string of the molecule is COc1ccc(CCNc2nncc(Nc3ccc(F)cc3)n2)cc1OC. The summed E-state index contributed by atoms with van der Waals surface area (Å²) in [5.41, 5.74) is 1.81. The number of ether oxygens (including phenoxy) is 2. The van der Waals surface area contributed by atoms with Gasteiger partial charge in [0.15, 0.2) is 17.3 Å². The zero-order valence-electron chi connectivity index (χ0n) is 15.1. The molecular formula is C19H20FN5O2. The lowest BCUT2D eigenvalue weighted by molar-refractivity contribution is 0.354. The van der Waals surface area contributed by atoms with E-state index < -0.39 is 0 Å². The standard InChI is InChI=1S/C19H20FN5O2/c1-26-16-8-3-13(11-17(16)27-2)9-10-21-19-24-18(12-22-25-19)23-15-6-4-14(20)5-7-15/h3-8,11-12H,9-10H2,1-2H3,(H2,21,23,24,25). The van der Waals surface area contributed by atoms with Crippen molar-refractivity contribution >= 4 is 17.5 Å². The monoisotopic (exact) mass is 369 g/mol. The van der Waals surface area contributed by atoms with Gasteiger partial charge in [-0.25, -0.2) is 4.39 Å². The Kier molecular flexibility index (Phi) is 5.98. The van der Waals surface area contributed by atoms with Gasteiger partial charge in [-0.1, -0.05) is 6.07 Å². The third kappa shape index (κ3) is 5.04. The first-order valence-corrected chi connectivity index (χ1v) is 8.35. The first-order valence-electron chi connectivity index (χ1n) is 8.35. The molecule has 0 aliphatic rings. The Morgan fingerprint density at radius 3 is 2.52 bits per heavy atom. The molecule has 0 unspecified atom stereocenters. The maximum Gasteiger partial charge on any atom is 0.244 e. The topological polar surface area (TPSA) is 81.2 Å². The molecular weight excluding hydrogens is 349 g/mol. The van der Waals surface area contributed by atoms with Crippen molar-refractivity contribution in [3.63, 3.8) is 0 Å². The number of halogens is 1. The van der Waals surface area contributed by atoms with Crippen LogP contribution in [0.25, 0.3) is 0 Å². The molecule has 8 heteroatoms. The zero-order chi connectivity index (χ0) is 19.1. The van der Waals surface area contributed by atoms with E-state index in [1.807, 2.05) is 18.2 Å². The molecule has 0 fully saturated rings. The summed E-state index contributed by atoms with van der Waals surface area (Å²) >= 11 is 0.